The molecular weight excluding hydrogens is 333 g/mol. The van der Waals surface area contributed by atoms with Gasteiger partial charge in [-0.05, 0) is 17.5 Å². The molecule has 0 aliphatic heterocycles. The van der Waals surface area contributed by atoms with Gasteiger partial charge in [-0.3, -0.25) is 0 Å². The van der Waals surface area contributed by atoms with Crippen molar-refractivity contribution in [3.05, 3.63) is 65.7 Å². The maximum Gasteiger partial charge on any atom is 0.354 e. The van der Waals surface area contributed by atoms with Gasteiger partial charge in [0.15, 0.2) is 6.21 Å². The molecule has 0 aromatic heterocycles. The number of hydrogen-bond donors (Lipinski definition) is 0. The Morgan fingerprint density at radius 1 is 0.944 bits per heavy atom. The van der Waals surface area contributed by atoms with E-state index >= 15 is 0 Å². The predicted molar refractivity (Wildman–Crippen MR) is 86.1 cm³/mol. The monoisotopic (exact) mass is 350 g/mol. The first-order chi connectivity index (χ1) is 8.68. The fraction of sp³-hybridized carbons (Fsp3) is 0.188. The first-order valence-corrected chi connectivity index (χ1v) is 7.09. The van der Waals surface area contributed by atoms with Gasteiger partial charge in [-0.25, -0.2) is 0 Å². The van der Waals surface area contributed by atoms with E-state index in [-0.39, 0.29) is 0 Å². The summed E-state index contributed by atoms with van der Waals surface area (Å²) in [6.45, 7) is 4.46. The normalized spacial score (nSPS) is 11.9. The second-order valence-electron chi connectivity index (χ2n) is 4.56. The molecule has 0 amide bonds. The molecule has 0 spiro atoms. The zero-order valence-corrected chi connectivity index (χ0v) is 12.8. The van der Waals surface area contributed by atoms with Gasteiger partial charge in [0.25, 0.3) is 0 Å². The Morgan fingerprint density at radius 3 is 2.22 bits per heavy atom. The molecule has 18 heavy (non-hydrogen) atoms. The fourth-order valence-electron chi connectivity index (χ4n) is 1.92. The third-order valence-corrected chi connectivity index (χ3v) is 3.71. The zero-order valence-electron chi connectivity index (χ0n) is 10.7. The lowest BCUT2D eigenvalue weighted by Crippen LogP contribution is -2.00. The van der Waals surface area contributed by atoms with Crippen LogP contribution in [-0.2, 0) is 0 Å². The maximum absolute atomic E-state index is 2.33. The molecule has 0 radical (unpaired) electrons. The van der Waals surface area contributed by atoms with Gasteiger partial charge in [0.1, 0.15) is 0 Å². The number of rotatable bonds is 3. The molecule has 0 atom stereocenters. The van der Waals surface area contributed by atoms with Gasteiger partial charge in [0.05, 0.1) is 0 Å². The van der Waals surface area contributed by atoms with Crippen LogP contribution in [0, 0.1) is 0 Å². The first kappa shape index (κ1) is 13.3. The minimum atomic E-state index is 0.540. The van der Waals surface area contributed by atoms with E-state index in [9.17, 15) is 0 Å². The third-order valence-electron chi connectivity index (χ3n) is 2.87. The van der Waals surface area contributed by atoms with Gasteiger partial charge < -0.3 is 0 Å². The molecule has 2 aromatic rings. The topological polar surface area (TPSA) is 3.01 Å². The van der Waals surface area contributed by atoms with E-state index in [4.69, 9.17) is 0 Å². The number of nitrogens with zero attached hydrogens (tertiary/aromatic N) is 1. The summed E-state index contributed by atoms with van der Waals surface area (Å²) in [6, 6.07) is 18.9. The van der Waals surface area contributed by atoms with Crippen molar-refractivity contribution < 1.29 is 2.79 Å². The molecule has 1 nitrogen and oxygen atoms in total. The average Bonchev–Trinajstić information content (AvgIpc) is 2.40. The predicted octanol–water partition coefficient (Wildman–Crippen LogP) is 4.92. The van der Waals surface area contributed by atoms with Crippen molar-refractivity contribution in [3.63, 3.8) is 0 Å². The van der Waals surface area contributed by atoms with Crippen molar-refractivity contribution in [2.75, 3.05) is 0 Å². The molecule has 0 bridgehead atoms. The quantitative estimate of drug-likeness (QED) is 0.420. The van der Waals surface area contributed by atoms with Crippen LogP contribution in [0.5, 0.6) is 0 Å². The lowest BCUT2D eigenvalue weighted by atomic mass is 9.98. The summed E-state index contributed by atoms with van der Waals surface area (Å²) in [4.78, 5) is 0. The van der Waals surface area contributed by atoms with Crippen molar-refractivity contribution in [1.29, 1.82) is 0 Å². The molecular formula is C16H17IN+. The van der Waals surface area contributed by atoms with E-state index in [1.807, 2.05) is 6.07 Å². The van der Waals surface area contributed by atoms with Gasteiger partial charge in [0, 0.05) is 17.7 Å². The average molecular weight is 350 g/mol. The Morgan fingerprint density at radius 2 is 1.56 bits per heavy atom. The van der Waals surface area contributed by atoms with E-state index in [1.54, 1.807) is 0 Å². The molecule has 2 heteroatoms. The zero-order chi connectivity index (χ0) is 13.0. The van der Waals surface area contributed by atoms with E-state index < -0.39 is 0 Å². The lowest BCUT2D eigenvalue weighted by molar-refractivity contribution is -0.173. The summed E-state index contributed by atoms with van der Waals surface area (Å²) >= 11 is 2.33. The molecule has 0 unspecified atom stereocenters. The fourth-order valence-corrected chi connectivity index (χ4v) is 2.54. The van der Waals surface area contributed by atoms with Crippen LogP contribution >= 0.6 is 22.9 Å². The Kier molecular flexibility index (Phi) is 4.53. The second-order valence-corrected chi connectivity index (χ2v) is 5.60. The molecule has 2 rings (SSSR count). The van der Waals surface area contributed by atoms with Crippen LogP contribution in [0.1, 0.15) is 30.9 Å². The molecule has 0 aliphatic carbocycles. The summed E-state index contributed by atoms with van der Waals surface area (Å²) in [5.41, 5.74) is 3.86. The largest absolute Gasteiger partial charge is 0.354 e. The summed E-state index contributed by atoms with van der Waals surface area (Å²) in [7, 11) is 0. The minimum absolute atomic E-state index is 0.540. The molecule has 0 saturated heterocycles. The molecule has 92 valence electrons. The van der Waals surface area contributed by atoms with Crippen LogP contribution in [0.25, 0.3) is 0 Å². The smallest absolute Gasteiger partial charge is 0.136 e. The van der Waals surface area contributed by atoms with E-state index in [0.717, 1.165) is 0 Å². The molecule has 0 N–H and O–H groups in total. The van der Waals surface area contributed by atoms with E-state index in [2.05, 4.69) is 94.2 Å². The highest BCUT2D eigenvalue weighted by Crippen LogP contribution is 2.20. The van der Waals surface area contributed by atoms with Crippen LogP contribution in [0.2, 0.25) is 0 Å². The van der Waals surface area contributed by atoms with Crippen LogP contribution in [0.4, 0.5) is 5.69 Å². The SMILES string of the molecule is CC(C)c1ccccc1/C=[N+](\I)c1ccccc1. The van der Waals surface area contributed by atoms with E-state index in [1.165, 1.54) is 16.8 Å². The number of hydrogen-bond acceptors (Lipinski definition) is 0. The second kappa shape index (κ2) is 6.14. The lowest BCUT2D eigenvalue weighted by Gasteiger charge is -2.07. The summed E-state index contributed by atoms with van der Waals surface area (Å²) in [5, 5.41) is 0. The van der Waals surface area contributed by atoms with Gasteiger partial charge in [-0.2, -0.15) is 0 Å². The number of para-hydroxylation sites is 1. The van der Waals surface area contributed by atoms with Crippen molar-refractivity contribution in [3.8, 4) is 0 Å². The molecule has 0 heterocycles. The highest BCUT2D eigenvalue weighted by atomic mass is 127. The van der Waals surface area contributed by atoms with Crippen molar-refractivity contribution in [1.82, 2.24) is 0 Å². The molecule has 0 fully saturated rings. The Balaban J connectivity index is 2.39. The van der Waals surface area contributed by atoms with Gasteiger partial charge >= 0.3 is 22.9 Å². The van der Waals surface area contributed by atoms with E-state index in [0.29, 0.717) is 5.92 Å². The maximum atomic E-state index is 2.33. The summed E-state index contributed by atoms with van der Waals surface area (Å²) < 4.78 is 2.14. The number of benzene rings is 2. The van der Waals surface area contributed by atoms with Crippen LogP contribution in [-0.4, -0.2) is 9.00 Å². The number of halogens is 1. The van der Waals surface area contributed by atoms with Gasteiger partial charge in [-0.15, -0.1) is 2.79 Å². The standard InChI is InChI=1S/C16H17IN/c1-13(2)16-11-7-6-8-14(16)12-18(17)15-9-4-3-5-10-15/h3-13H,1-2H3/q+1/b18-12-. The summed E-state index contributed by atoms with van der Waals surface area (Å²) in [5.74, 6) is 0.540. The summed E-state index contributed by atoms with van der Waals surface area (Å²) in [6.07, 6.45) is 2.19. The van der Waals surface area contributed by atoms with Crippen LogP contribution in [0.3, 0.4) is 0 Å². The van der Waals surface area contributed by atoms with Crippen LogP contribution < -0.4 is 0 Å². The van der Waals surface area contributed by atoms with Crippen LogP contribution in [0.15, 0.2) is 54.6 Å². The minimum Gasteiger partial charge on any atom is -0.136 e. The van der Waals surface area contributed by atoms with Crippen molar-refractivity contribution in [2.45, 2.75) is 19.8 Å². The molecule has 0 saturated carbocycles. The van der Waals surface area contributed by atoms with Gasteiger partial charge in [0.2, 0.25) is 5.69 Å². The molecule has 2 aromatic carbocycles. The van der Waals surface area contributed by atoms with Gasteiger partial charge in [-0.1, -0.05) is 50.2 Å². The third kappa shape index (κ3) is 3.19. The highest BCUT2D eigenvalue weighted by Gasteiger charge is 2.09. The van der Waals surface area contributed by atoms with Crippen molar-refractivity contribution >= 4 is 34.8 Å². The highest BCUT2D eigenvalue weighted by molar-refractivity contribution is 14.1. The Bertz CT molecular complexity index is 544. The Hall–Kier alpha value is -1.16. The molecule has 0 aliphatic rings. The van der Waals surface area contributed by atoms with Crippen molar-refractivity contribution in [2.24, 2.45) is 0 Å². The first-order valence-electron chi connectivity index (χ1n) is 6.12. The Labute approximate surface area is 123 Å².